The normalized spacial score (nSPS) is 25.7. The Morgan fingerprint density at radius 2 is 1.97 bits per heavy atom. The number of aromatic nitrogens is 1. The van der Waals surface area contributed by atoms with Crippen LogP contribution in [-0.2, 0) is 9.53 Å². The monoisotopic (exact) mass is 413 g/mol. The van der Waals surface area contributed by atoms with Gasteiger partial charge in [0.05, 0.1) is 10.7 Å². The van der Waals surface area contributed by atoms with E-state index in [9.17, 15) is 4.79 Å². The first-order valence-electron chi connectivity index (χ1n) is 10.5. The van der Waals surface area contributed by atoms with Crippen LogP contribution in [0.25, 0.3) is 10.1 Å². The number of hydrogen-bond donors (Lipinski definition) is 0. The zero-order valence-corrected chi connectivity index (χ0v) is 17.6. The van der Waals surface area contributed by atoms with Crippen LogP contribution in [0, 0.1) is 0 Å². The van der Waals surface area contributed by atoms with Crippen LogP contribution in [-0.4, -0.2) is 83.9 Å². The third-order valence-electron chi connectivity index (χ3n) is 6.19. The van der Waals surface area contributed by atoms with Crippen molar-refractivity contribution in [2.24, 2.45) is 4.99 Å². The molecule has 0 spiro atoms. The van der Waals surface area contributed by atoms with Gasteiger partial charge >= 0.3 is 0 Å². The number of piperazine rings is 1. The highest BCUT2D eigenvalue weighted by molar-refractivity contribution is 7.13. The van der Waals surface area contributed by atoms with Gasteiger partial charge in [-0.2, -0.15) is 4.37 Å². The molecule has 4 heterocycles. The van der Waals surface area contributed by atoms with Gasteiger partial charge in [0.25, 0.3) is 5.91 Å². The first-order chi connectivity index (χ1) is 14.2. The summed E-state index contributed by atoms with van der Waals surface area (Å²) in [6.07, 6.45) is 1.54. The predicted octanol–water partition coefficient (Wildman–Crippen LogP) is 2.23. The Hall–Kier alpha value is -2.19. The van der Waals surface area contributed by atoms with E-state index in [2.05, 4.69) is 39.1 Å². The molecular formula is C21H27N5O2S. The SMILES string of the molecule is CC1=NC2CCCN(CCN3CCN(c4nsc5ccccc45)CC3)C(=O)C2O1. The minimum atomic E-state index is -0.396. The van der Waals surface area contributed by atoms with Crippen LogP contribution in [0.15, 0.2) is 29.3 Å². The lowest BCUT2D eigenvalue weighted by Crippen LogP contribution is -2.50. The molecular weight excluding hydrogens is 386 g/mol. The maximum Gasteiger partial charge on any atom is 0.266 e. The summed E-state index contributed by atoms with van der Waals surface area (Å²) in [7, 11) is 0. The summed E-state index contributed by atoms with van der Waals surface area (Å²) in [6.45, 7) is 8.28. The summed E-state index contributed by atoms with van der Waals surface area (Å²) in [5.41, 5.74) is 0. The number of likely N-dealkylation sites (tertiary alicyclic amines) is 1. The second kappa shape index (κ2) is 7.91. The van der Waals surface area contributed by atoms with Crippen LogP contribution in [0.4, 0.5) is 5.82 Å². The standard InChI is InChI=1S/C21H27N5O2S/c1-15-22-17-6-4-8-26(21(27)19(17)28-15)14-11-24-9-12-25(13-10-24)20-16-5-2-3-7-18(16)29-23-20/h2-3,5,7,17,19H,4,6,8-14H2,1H3. The minimum absolute atomic E-state index is 0.0176. The van der Waals surface area contributed by atoms with Crippen molar-refractivity contribution in [2.75, 3.05) is 50.7 Å². The zero-order chi connectivity index (χ0) is 19.8. The van der Waals surface area contributed by atoms with Crippen LogP contribution >= 0.6 is 11.5 Å². The summed E-state index contributed by atoms with van der Waals surface area (Å²) < 4.78 is 11.6. The maximum absolute atomic E-state index is 12.9. The molecule has 2 atom stereocenters. The fourth-order valence-corrected chi connectivity index (χ4v) is 5.37. The molecule has 7 nitrogen and oxygen atoms in total. The Labute approximate surface area is 175 Å². The van der Waals surface area contributed by atoms with Gasteiger partial charge < -0.3 is 14.5 Å². The molecule has 29 heavy (non-hydrogen) atoms. The van der Waals surface area contributed by atoms with Crippen LogP contribution in [0.5, 0.6) is 0 Å². The summed E-state index contributed by atoms with van der Waals surface area (Å²) in [4.78, 5) is 24.2. The minimum Gasteiger partial charge on any atom is -0.466 e. The van der Waals surface area contributed by atoms with Crippen molar-refractivity contribution in [2.45, 2.75) is 31.9 Å². The Morgan fingerprint density at radius 1 is 1.14 bits per heavy atom. The van der Waals surface area contributed by atoms with Crippen LogP contribution in [0.3, 0.4) is 0 Å². The van der Waals surface area contributed by atoms with Crippen LogP contribution in [0.1, 0.15) is 19.8 Å². The molecule has 0 bridgehead atoms. The van der Waals surface area contributed by atoms with Crippen molar-refractivity contribution in [3.63, 3.8) is 0 Å². The molecule has 154 valence electrons. The fourth-order valence-electron chi connectivity index (χ4n) is 4.57. The van der Waals surface area contributed by atoms with E-state index in [0.717, 1.165) is 64.5 Å². The number of hydrogen-bond acceptors (Lipinski definition) is 7. The van der Waals surface area contributed by atoms with Gasteiger partial charge in [0, 0.05) is 58.1 Å². The number of amides is 1. The van der Waals surface area contributed by atoms with Crippen molar-refractivity contribution >= 4 is 39.2 Å². The molecule has 0 saturated carbocycles. The van der Waals surface area contributed by atoms with Crippen molar-refractivity contribution < 1.29 is 9.53 Å². The molecule has 8 heteroatoms. The number of anilines is 1. The Balaban J connectivity index is 1.15. The molecule has 2 unspecified atom stereocenters. The Kier molecular flexibility index (Phi) is 5.13. The van der Waals surface area contributed by atoms with Crippen LogP contribution in [0.2, 0.25) is 0 Å². The van der Waals surface area contributed by atoms with E-state index in [4.69, 9.17) is 9.11 Å². The number of carbonyl (C=O) groups excluding carboxylic acids is 1. The predicted molar refractivity (Wildman–Crippen MR) is 116 cm³/mol. The quantitative estimate of drug-likeness (QED) is 0.769. The molecule has 2 aromatic rings. The third-order valence-corrected chi connectivity index (χ3v) is 7.01. The van der Waals surface area contributed by atoms with Gasteiger partial charge in [-0.3, -0.25) is 9.69 Å². The summed E-state index contributed by atoms with van der Waals surface area (Å²) in [6, 6.07) is 8.47. The van der Waals surface area contributed by atoms with Gasteiger partial charge in [0.15, 0.2) is 5.90 Å². The van der Waals surface area contributed by atoms with Gasteiger partial charge in [0.1, 0.15) is 5.82 Å². The largest absolute Gasteiger partial charge is 0.466 e. The van der Waals surface area contributed by atoms with E-state index in [1.807, 2.05) is 11.8 Å². The average Bonchev–Trinajstić information content (AvgIpc) is 3.30. The van der Waals surface area contributed by atoms with Crippen molar-refractivity contribution in [3.05, 3.63) is 24.3 Å². The third kappa shape index (κ3) is 3.71. The number of rotatable bonds is 4. The molecule has 3 aliphatic rings. The summed E-state index contributed by atoms with van der Waals surface area (Å²) in [5, 5.41) is 1.25. The molecule has 1 aromatic heterocycles. The second-order valence-electron chi connectivity index (χ2n) is 8.05. The molecule has 5 rings (SSSR count). The highest BCUT2D eigenvalue weighted by Gasteiger charge is 2.39. The number of aliphatic imine (C=N–C) groups is 1. The molecule has 0 radical (unpaired) electrons. The maximum atomic E-state index is 12.9. The lowest BCUT2D eigenvalue weighted by Gasteiger charge is -2.36. The molecule has 0 N–H and O–H groups in total. The van der Waals surface area contributed by atoms with Crippen molar-refractivity contribution in [1.82, 2.24) is 14.2 Å². The highest BCUT2D eigenvalue weighted by atomic mass is 32.1. The highest BCUT2D eigenvalue weighted by Crippen LogP contribution is 2.30. The Morgan fingerprint density at radius 3 is 2.83 bits per heavy atom. The topological polar surface area (TPSA) is 61.3 Å². The average molecular weight is 414 g/mol. The van der Waals surface area contributed by atoms with Gasteiger partial charge in [-0.1, -0.05) is 12.1 Å². The van der Waals surface area contributed by atoms with E-state index >= 15 is 0 Å². The van der Waals surface area contributed by atoms with Crippen molar-refractivity contribution in [1.29, 1.82) is 0 Å². The smallest absolute Gasteiger partial charge is 0.266 e. The fraction of sp³-hybridized carbons (Fsp3) is 0.571. The molecule has 2 fully saturated rings. The molecule has 0 aliphatic carbocycles. The first kappa shape index (κ1) is 18.8. The number of fused-ring (bicyclic) bond motifs is 2. The zero-order valence-electron chi connectivity index (χ0n) is 16.8. The van der Waals surface area contributed by atoms with E-state index in [-0.39, 0.29) is 11.9 Å². The second-order valence-corrected chi connectivity index (χ2v) is 8.86. The van der Waals surface area contributed by atoms with E-state index in [1.165, 1.54) is 10.1 Å². The van der Waals surface area contributed by atoms with E-state index < -0.39 is 6.10 Å². The van der Waals surface area contributed by atoms with Crippen LogP contribution < -0.4 is 4.90 Å². The van der Waals surface area contributed by atoms with Gasteiger partial charge in [-0.15, -0.1) is 0 Å². The number of carbonyl (C=O) groups is 1. The molecule has 1 amide bonds. The first-order valence-corrected chi connectivity index (χ1v) is 11.3. The number of nitrogens with zero attached hydrogens (tertiary/aromatic N) is 5. The number of ether oxygens (including phenoxy) is 1. The molecule has 3 aliphatic heterocycles. The number of benzene rings is 1. The summed E-state index contributed by atoms with van der Waals surface area (Å²) >= 11 is 1.58. The molecule has 2 saturated heterocycles. The van der Waals surface area contributed by atoms with E-state index in [0.29, 0.717) is 5.90 Å². The van der Waals surface area contributed by atoms with E-state index in [1.54, 1.807) is 11.5 Å². The summed E-state index contributed by atoms with van der Waals surface area (Å²) in [5.74, 6) is 1.88. The lowest BCUT2D eigenvalue weighted by molar-refractivity contribution is -0.138. The van der Waals surface area contributed by atoms with Gasteiger partial charge in [-0.05, 0) is 36.5 Å². The molecule has 1 aromatic carbocycles. The Bertz CT molecular complexity index is 921. The van der Waals surface area contributed by atoms with Crippen molar-refractivity contribution in [3.8, 4) is 0 Å². The lowest BCUT2D eigenvalue weighted by atomic mass is 10.1. The van der Waals surface area contributed by atoms with Gasteiger partial charge in [0.2, 0.25) is 6.10 Å². The van der Waals surface area contributed by atoms with Gasteiger partial charge in [-0.25, -0.2) is 4.99 Å².